The van der Waals surface area contributed by atoms with Gasteiger partial charge in [-0.2, -0.15) is 5.10 Å². The molecule has 0 atom stereocenters. The van der Waals surface area contributed by atoms with Crippen LogP contribution in [0.3, 0.4) is 0 Å². The summed E-state index contributed by atoms with van der Waals surface area (Å²) in [5.74, 6) is 0. The van der Waals surface area contributed by atoms with Gasteiger partial charge in [0.25, 0.3) is 0 Å². The third kappa shape index (κ3) is 4.48. The van der Waals surface area contributed by atoms with Crippen molar-refractivity contribution in [1.29, 1.82) is 0 Å². The Kier molecular flexibility index (Phi) is 4.92. The minimum Gasteiger partial charge on any atom is -0.313 e. The molecule has 0 fully saturated rings. The predicted octanol–water partition coefficient (Wildman–Crippen LogP) is 0.306. The van der Waals surface area contributed by atoms with Crippen LogP contribution >= 0.6 is 0 Å². The van der Waals surface area contributed by atoms with Crippen LogP contribution in [0.5, 0.6) is 0 Å². The van der Waals surface area contributed by atoms with E-state index in [0.29, 0.717) is 13.1 Å². The van der Waals surface area contributed by atoms with Gasteiger partial charge in [-0.25, -0.2) is 18.1 Å². The highest BCUT2D eigenvalue weighted by molar-refractivity contribution is 7.88. The van der Waals surface area contributed by atoms with Crippen LogP contribution in [-0.4, -0.2) is 42.5 Å². The molecule has 0 spiro atoms. The minimum absolute atomic E-state index is 0.449. The zero-order valence-electron chi connectivity index (χ0n) is 12.5. The Hall–Kier alpha value is -1.51. The summed E-state index contributed by atoms with van der Waals surface area (Å²) in [6, 6.07) is 2.09. The summed E-state index contributed by atoms with van der Waals surface area (Å²) in [6.07, 6.45) is 3.75. The standard InChI is InChI=1S/C13H21N5O2S/c1-10-12-7-11(9-15-13(12)18(2)17-10)8-14-5-4-6-16-21(3,19)20/h7,9,14,16H,4-6,8H2,1-3H3. The van der Waals surface area contributed by atoms with Crippen molar-refractivity contribution < 1.29 is 8.42 Å². The van der Waals surface area contributed by atoms with Crippen LogP contribution in [0.2, 0.25) is 0 Å². The second kappa shape index (κ2) is 6.50. The topological polar surface area (TPSA) is 88.9 Å². The Morgan fingerprint density at radius 3 is 2.81 bits per heavy atom. The highest BCUT2D eigenvalue weighted by Gasteiger charge is 2.06. The van der Waals surface area contributed by atoms with E-state index < -0.39 is 10.0 Å². The summed E-state index contributed by atoms with van der Waals surface area (Å²) in [5.41, 5.74) is 2.95. The number of aromatic nitrogens is 3. The van der Waals surface area contributed by atoms with E-state index in [2.05, 4.69) is 26.2 Å². The molecule has 0 bridgehead atoms. The molecule has 7 nitrogen and oxygen atoms in total. The maximum atomic E-state index is 10.9. The minimum atomic E-state index is -3.09. The Bertz CT molecular complexity index is 723. The molecule has 2 rings (SSSR count). The van der Waals surface area contributed by atoms with Gasteiger partial charge in [0.15, 0.2) is 5.65 Å². The number of hydrogen-bond donors (Lipinski definition) is 2. The first-order valence-electron chi connectivity index (χ1n) is 6.80. The Balaban J connectivity index is 1.83. The van der Waals surface area contributed by atoms with E-state index in [1.165, 1.54) is 0 Å². The van der Waals surface area contributed by atoms with E-state index in [1.807, 2.05) is 20.2 Å². The summed E-state index contributed by atoms with van der Waals surface area (Å²) in [6.45, 7) is 3.87. The molecule has 0 aliphatic carbocycles. The maximum Gasteiger partial charge on any atom is 0.208 e. The van der Waals surface area contributed by atoms with Crippen LogP contribution in [-0.2, 0) is 23.6 Å². The van der Waals surface area contributed by atoms with Gasteiger partial charge in [0.05, 0.1) is 11.9 Å². The van der Waals surface area contributed by atoms with Crippen LogP contribution in [0.25, 0.3) is 11.0 Å². The molecule has 0 amide bonds. The summed E-state index contributed by atoms with van der Waals surface area (Å²) in [5, 5.41) is 8.69. The number of pyridine rings is 1. The van der Waals surface area contributed by atoms with E-state index in [4.69, 9.17) is 0 Å². The Morgan fingerprint density at radius 1 is 1.33 bits per heavy atom. The van der Waals surface area contributed by atoms with Gasteiger partial charge in [-0.15, -0.1) is 0 Å². The fourth-order valence-corrected chi connectivity index (χ4v) is 2.67. The molecule has 116 valence electrons. The summed E-state index contributed by atoms with van der Waals surface area (Å²) >= 11 is 0. The van der Waals surface area contributed by atoms with Gasteiger partial charge in [-0.1, -0.05) is 0 Å². The van der Waals surface area contributed by atoms with E-state index in [1.54, 1.807) is 4.68 Å². The molecule has 0 aromatic carbocycles. The number of hydrogen-bond acceptors (Lipinski definition) is 5. The average molecular weight is 311 g/mol. The normalized spacial score (nSPS) is 12.1. The Morgan fingerprint density at radius 2 is 2.10 bits per heavy atom. The molecule has 0 saturated carbocycles. The summed E-state index contributed by atoms with van der Waals surface area (Å²) < 4.78 is 26.0. The highest BCUT2D eigenvalue weighted by atomic mass is 32.2. The van der Waals surface area contributed by atoms with Crippen LogP contribution in [0.15, 0.2) is 12.3 Å². The van der Waals surface area contributed by atoms with Crippen LogP contribution in [0, 0.1) is 6.92 Å². The number of nitrogens with one attached hydrogen (secondary N) is 2. The largest absolute Gasteiger partial charge is 0.313 e. The van der Waals surface area contributed by atoms with Gasteiger partial charge >= 0.3 is 0 Å². The van der Waals surface area contributed by atoms with Crippen LogP contribution in [0.1, 0.15) is 17.7 Å². The van der Waals surface area contributed by atoms with Gasteiger partial charge in [-0.05, 0) is 31.5 Å². The number of nitrogens with zero attached hydrogens (tertiary/aromatic N) is 3. The molecular weight excluding hydrogens is 290 g/mol. The van der Waals surface area contributed by atoms with Crippen molar-refractivity contribution in [2.75, 3.05) is 19.3 Å². The lowest BCUT2D eigenvalue weighted by molar-refractivity contribution is 0.579. The fourth-order valence-electron chi connectivity index (χ4n) is 2.15. The first kappa shape index (κ1) is 15.9. The molecule has 2 aromatic rings. The van der Waals surface area contributed by atoms with Crippen molar-refractivity contribution in [1.82, 2.24) is 24.8 Å². The highest BCUT2D eigenvalue weighted by Crippen LogP contribution is 2.16. The lowest BCUT2D eigenvalue weighted by Crippen LogP contribution is -2.26. The quantitative estimate of drug-likeness (QED) is 0.718. The van der Waals surface area contributed by atoms with Gasteiger partial charge in [0.2, 0.25) is 10.0 Å². The van der Waals surface area contributed by atoms with Gasteiger partial charge in [0, 0.05) is 31.7 Å². The van der Waals surface area contributed by atoms with E-state index in [0.717, 1.165) is 41.5 Å². The average Bonchev–Trinajstić information content (AvgIpc) is 2.68. The van der Waals surface area contributed by atoms with Crippen molar-refractivity contribution in [3.63, 3.8) is 0 Å². The zero-order valence-corrected chi connectivity index (χ0v) is 13.4. The van der Waals surface area contributed by atoms with Crippen LogP contribution < -0.4 is 10.0 Å². The van der Waals surface area contributed by atoms with Crippen LogP contribution in [0.4, 0.5) is 0 Å². The first-order valence-corrected chi connectivity index (χ1v) is 8.69. The molecule has 8 heteroatoms. The molecule has 0 radical (unpaired) electrons. The molecule has 2 N–H and O–H groups in total. The monoisotopic (exact) mass is 311 g/mol. The smallest absolute Gasteiger partial charge is 0.208 e. The van der Waals surface area contributed by atoms with E-state index in [9.17, 15) is 8.42 Å². The zero-order chi connectivity index (χ0) is 15.5. The SMILES string of the molecule is Cc1nn(C)c2ncc(CNCCCNS(C)(=O)=O)cc12. The number of fused-ring (bicyclic) bond motifs is 1. The lowest BCUT2D eigenvalue weighted by Gasteiger charge is -2.05. The van der Waals surface area contributed by atoms with Gasteiger partial charge in [-0.3, -0.25) is 4.68 Å². The van der Waals surface area contributed by atoms with Crippen molar-refractivity contribution >= 4 is 21.1 Å². The maximum absolute atomic E-state index is 10.9. The van der Waals surface area contributed by atoms with Crippen molar-refractivity contribution in [2.45, 2.75) is 19.9 Å². The predicted molar refractivity (Wildman–Crippen MR) is 82.4 cm³/mol. The first-order chi connectivity index (χ1) is 9.87. The van der Waals surface area contributed by atoms with Crippen molar-refractivity contribution in [3.05, 3.63) is 23.5 Å². The molecule has 21 heavy (non-hydrogen) atoms. The Labute approximate surface area is 124 Å². The third-order valence-corrected chi connectivity index (χ3v) is 3.87. The van der Waals surface area contributed by atoms with E-state index in [-0.39, 0.29) is 0 Å². The fraction of sp³-hybridized carbons (Fsp3) is 0.538. The molecule has 0 aliphatic rings. The van der Waals surface area contributed by atoms with Crippen molar-refractivity contribution in [3.8, 4) is 0 Å². The molecule has 0 aliphatic heterocycles. The van der Waals surface area contributed by atoms with Crippen molar-refractivity contribution in [2.24, 2.45) is 7.05 Å². The second-order valence-electron chi connectivity index (χ2n) is 5.12. The number of rotatable bonds is 7. The third-order valence-electron chi connectivity index (χ3n) is 3.14. The summed E-state index contributed by atoms with van der Waals surface area (Å²) in [4.78, 5) is 4.42. The van der Waals surface area contributed by atoms with E-state index >= 15 is 0 Å². The molecular formula is C13H21N5O2S. The number of aryl methyl sites for hydroxylation is 2. The molecule has 0 saturated heterocycles. The molecule has 2 aromatic heterocycles. The molecule has 0 unspecified atom stereocenters. The number of sulfonamides is 1. The summed E-state index contributed by atoms with van der Waals surface area (Å²) in [7, 11) is -1.20. The molecule has 2 heterocycles. The van der Waals surface area contributed by atoms with Gasteiger partial charge < -0.3 is 5.32 Å². The van der Waals surface area contributed by atoms with Gasteiger partial charge in [0.1, 0.15) is 0 Å². The second-order valence-corrected chi connectivity index (χ2v) is 6.95. The lowest BCUT2D eigenvalue weighted by atomic mass is 10.2.